The number of nitrogens with zero attached hydrogens (tertiary/aromatic N) is 2. The van der Waals surface area contributed by atoms with Gasteiger partial charge >= 0.3 is 0 Å². The van der Waals surface area contributed by atoms with Crippen molar-refractivity contribution in [3.05, 3.63) is 45.6 Å². The molecule has 0 fully saturated rings. The highest BCUT2D eigenvalue weighted by molar-refractivity contribution is 9.10. The van der Waals surface area contributed by atoms with Crippen molar-refractivity contribution in [2.45, 2.75) is 0 Å². The molecule has 108 valence electrons. The number of imidazole rings is 1. The molecule has 7 heteroatoms. The maximum Gasteiger partial charge on any atom is 0.206 e. The average Bonchev–Trinajstić information content (AvgIpc) is 2.74. The number of ether oxygens (including phenoxy) is 1. The summed E-state index contributed by atoms with van der Waals surface area (Å²) in [7, 11) is 1.56. The zero-order valence-electron chi connectivity index (χ0n) is 10.9. The number of hydrogen-bond acceptors (Lipinski definition) is 3. The predicted molar refractivity (Wildman–Crippen MR) is 84.7 cm³/mol. The first-order valence-corrected chi connectivity index (χ1v) is 7.15. The van der Waals surface area contributed by atoms with Crippen LogP contribution in [0.15, 0.2) is 34.8 Å². The van der Waals surface area contributed by atoms with Crippen molar-refractivity contribution in [3.63, 3.8) is 0 Å². The fourth-order valence-electron chi connectivity index (χ4n) is 2.18. The minimum absolute atomic E-state index is 0.00774. The van der Waals surface area contributed by atoms with E-state index in [0.717, 1.165) is 4.47 Å². The first-order valence-electron chi connectivity index (χ1n) is 5.98. The minimum atomic E-state index is -0.528. The number of aromatic nitrogens is 2. The molecule has 0 aliphatic rings. The Balaban J connectivity index is 2.37. The molecule has 2 aromatic carbocycles. The first kappa shape index (κ1) is 14.2. The van der Waals surface area contributed by atoms with Gasteiger partial charge in [-0.1, -0.05) is 27.5 Å². The third kappa shape index (κ3) is 2.34. The van der Waals surface area contributed by atoms with Crippen LogP contribution < -0.4 is 10.5 Å². The number of anilines is 1. The third-order valence-electron chi connectivity index (χ3n) is 3.10. The Hall–Kier alpha value is -1.79. The lowest BCUT2D eigenvalue weighted by Gasteiger charge is -2.12. The fraction of sp³-hybridized carbons (Fsp3) is 0.0714. The molecule has 0 aliphatic heterocycles. The quantitative estimate of drug-likeness (QED) is 0.736. The number of fused-ring (bicyclic) bond motifs is 1. The molecule has 0 atom stereocenters. The van der Waals surface area contributed by atoms with E-state index in [1.165, 1.54) is 12.1 Å². The number of halogens is 3. The summed E-state index contributed by atoms with van der Waals surface area (Å²) in [6, 6.07) is 8.21. The lowest BCUT2D eigenvalue weighted by molar-refractivity contribution is 0.413. The van der Waals surface area contributed by atoms with Crippen molar-refractivity contribution in [3.8, 4) is 11.4 Å². The number of nitrogens with two attached hydrogens (primary N) is 1. The van der Waals surface area contributed by atoms with Gasteiger partial charge in [-0.2, -0.15) is 0 Å². The first-order chi connectivity index (χ1) is 10.0. The molecular formula is C14H10BrClFN3O. The van der Waals surface area contributed by atoms with Gasteiger partial charge in [0.05, 0.1) is 28.9 Å². The van der Waals surface area contributed by atoms with Crippen LogP contribution in [0, 0.1) is 5.82 Å². The van der Waals surface area contributed by atoms with Gasteiger partial charge in [-0.3, -0.25) is 4.57 Å². The Bertz CT molecular complexity index is 850. The molecule has 1 heterocycles. The van der Waals surface area contributed by atoms with Crippen LogP contribution >= 0.6 is 27.5 Å². The van der Waals surface area contributed by atoms with Gasteiger partial charge in [-0.15, -0.1) is 0 Å². The predicted octanol–water partition coefficient (Wildman–Crippen LogP) is 4.17. The zero-order valence-corrected chi connectivity index (χ0v) is 13.2. The van der Waals surface area contributed by atoms with Gasteiger partial charge < -0.3 is 10.5 Å². The van der Waals surface area contributed by atoms with E-state index in [4.69, 9.17) is 22.1 Å². The number of benzene rings is 2. The lowest BCUT2D eigenvalue weighted by atomic mass is 10.2. The SMILES string of the molecule is COc1ccc(Br)cc1-n1c(N)nc2cc(Cl)c(F)cc21. The van der Waals surface area contributed by atoms with E-state index in [9.17, 15) is 4.39 Å². The molecule has 0 bridgehead atoms. The van der Waals surface area contributed by atoms with Gasteiger partial charge in [0.2, 0.25) is 5.95 Å². The summed E-state index contributed by atoms with van der Waals surface area (Å²) in [4.78, 5) is 4.22. The van der Waals surface area contributed by atoms with Gasteiger partial charge in [0.25, 0.3) is 0 Å². The number of nitrogen functional groups attached to an aromatic ring is 1. The van der Waals surface area contributed by atoms with Crippen molar-refractivity contribution in [2.75, 3.05) is 12.8 Å². The van der Waals surface area contributed by atoms with Crippen LogP contribution in [0.1, 0.15) is 0 Å². The topological polar surface area (TPSA) is 53.1 Å². The van der Waals surface area contributed by atoms with Crippen LogP contribution in [0.5, 0.6) is 5.75 Å². The van der Waals surface area contributed by atoms with Crippen LogP contribution in [0.3, 0.4) is 0 Å². The molecule has 3 aromatic rings. The Morgan fingerprint density at radius 3 is 2.81 bits per heavy atom. The van der Waals surface area contributed by atoms with Crippen LogP contribution in [0.4, 0.5) is 10.3 Å². The normalized spacial score (nSPS) is 11.0. The van der Waals surface area contributed by atoms with E-state index in [0.29, 0.717) is 22.5 Å². The van der Waals surface area contributed by atoms with Gasteiger partial charge in [0.1, 0.15) is 11.6 Å². The lowest BCUT2D eigenvalue weighted by Crippen LogP contribution is -2.03. The monoisotopic (exact) mass is 369 g/mol. The molecule has 1 aromatic heterocycles. The van der Waals surface area contributed by atoms with Crippen molar-refractivity contribution in [1.82, 2.24) is 9.55 Å². The highest BCUT2D eigenvalue weighted by Gasteiger charge is 2.16. The fourth-order valence-corrected chi connectivity index (χ4v) is 2.69. The van der Waals surface area contributed by atoms with Gasteiger partial charge in [0, 0.05) is 10.5 Å². The van der Waals surface area contributed by atoms with E-state index in [1.807, 2.05) is 12.1 Å². The summed E-state index contributed by atoms with van der Waals surface area (Å²) >= 11 is 9.18. The summed E-state index contributed by atoms with van der Waals surface area (Å²) in [6.07, 6.45) is 0. The van der Waals surface area contributed by atoms with Crippen molar-refractivity contribution < 1.29 is 9.13 Å². The highest BCUT2D eigenvalue weighted by atomic mass is 79.9. The molecule has 0 unspecified atom stereocenters. The maximum absolute atomic E-state index is 13.8. The Morgan fingerprint density at radius 2 is 2.10 bits per heavy atom. The van der Waals surface area contributed by atoms with E-state index >= 15 is 0 Å². The Morgan fingerprint density at radius 1 is 1.33 bits per heavy atom. The summed E-state index contributed by atoms with van der Waals surface area (Å²) in [5.41, 5.74) is 7.67. The summed E-state index contributed by atoms with van der Waals surface area (Å²) < 4.78 is 21.6. The second kappa shape index (κ2) is 5.20. The molecule has 21 heavy (non-hydrogen) atoms. The minimum Gasteiger partial charge on any atom is -0.495 e. The molecule has 0 aliphatic carbocycles. The van der Waals surface area contributed by atoms with Crippen LogP contribution in [-0.4, -0.2) is 16.7 Å². The second-order valence-electron chi connectivity index (χ2n) is 4.38. The summed E-state index contributed by atoms with van der Waals surface area (Å²) in [6.45, 7) is 0. The second-order valence-corrected chi connectivity index (χ2v) is 5.70. The zero-order chi connectivity index (χ0) is 15.1. The molecule has 3 rings (SSSR count). The Labute approximate surface area is 133 Å². The standard InChI is InChI=1S/C14H10BrClFN3O/c1-21-13-3-2-7(15)4-12(13)20-11-6-9(17)8(16)5-10(11)19-14(20)18/h2-6H,1H3,(H2,18,19). The molecule has 2 N–H and O–H groups in total. The van der Waals surface area contributed by atoms with Crippen LogP contribution in [0.25, 0.3) is 16.7 Å². The van der Waals surface area contributed by atoms with Crippen LogP contribution in [0.2, 0.25) is 5.02 Å². The molecule has 0 radical (unpaired) electrons. The van der Waals surface area contributed by atoms with E-state index in [2.05, 4.69) is 20.9 Å². The van der Waals surface area contributed by atoms with Crippen molar-refractivity contribution in [2.24, 2.45) is 0 Å². The largest absolute Gasteiger partial charge is 0.495 e. The molecule has 0 spiro atoms. The van der Waals surface area contributed by atoms with Gasteiger partial charge in [-0.05, 0) is 24.3 Å². The highest BCUT2D eigenvalue weighted by Crippen LogP contribution is 2.33. The van der Waals surface area contributed by atoms with Crippen molar-refractivity contribution >= 4 is 44.5 Å². The van der Waals surface area contributed by atoms with Crippen molar-refractivity contribution in [1.29, 1.82) is 0 Å². The third-order valence-corrected chi connectivity index (χ3v) is 3.89. The summed E-state index contributed by atoms with van der Waals surface area (Å²) in [5.74, 6) is 0.293. The van der Waals surface area contributed by atoms with Crippen LogP contribution in [-0.2, 0) is 0 Å². The van der Waals surface area contributed by atoms with E-state index in [-0.39, 0.29) is 11.0 Å². The number of rotatable bonds is 2. The average molecular weight is 371 g/mol. The molecule has 4 nitrogen and oxygen atoms in total. The number of methoxy groups -OCH3 is 1. The Kier molecular flexibility index (Phi) is 3.51. The van der Waals surface area contributed by atoms with E-state index in [1.54, 1.807) is 17.7 Å². The summed E-state index contributed by atoms with van der Waals surface area (Å²) in [5, 5.41) is 0.00774. The van der Waals surface area contributed by atoms with Gasteiger partial charge in [-0.25, -0.2) is 9.37 Å². The van der Waals surface area contributed by atoms with E-state index < -0.39 is 5.82 Å². The number of hydrogen-bond donors (Lipinski definition) is 1. The van der Waals surface area contributed by atoms with Gasteiger partial charge in [0.15, 0.2) is 0 Å². The molecule has 0 saturated carbocycles. The molecular weight excluding hydrogens is 361 g/mol. The molecule has 0 amide bonds. The molecule has 0 saturated heterocycles. The maximum atomic E-state index is 13.8. The smallest absolute Gasteiger partial charge is 0.206 e.